The third-order valence-corrected chi connectivity index (χ3v) is 3.19. The first-order valence-electron chi connectivity index (χ1n) is 5.07. The number of ketones is 1. The number of halogens is 1. The number of esters is 1. The molecule has 0 unspecified atom stereocenters. The lowest BCUT2D eigenvalue weighted by molar-refractivity contribution is -0.110. The zero-order valence-corrected chi connectivity index (χ0v) is 9.40. The molecule has 0 radical (unpaired) electrons. The first-order valence-corrected chi connectivity index (χ1v) is 5.45. The average Bonchev–Trinajstić information content (AvgIpc) is 2.59. The Bertz CT molecular complexity index is 583. The molecule has 1 aliphatic carbocycles. The second-order valence-electron chi connectivity index (χ2n) is 3.91. The molecule has 0 saturated heterocycles. The molecule has 17 heavy (non-hydrogen) atoms. The standard InChI is InChI=1S/C13H7ClO3/c14-10-3-1-2-9-11(10)13(17-12(9)16)6-4-8(15)5-7-13/h1-7H. The van der Waals surface area contributed by atoms with Crippen molar-refractivity contribution in [1.29, 1.82) is 0 Å². The SMILES string of the molecule is O=C1C=CC2(C=C1)OC(=O)c1cccc(Cl)c12. The van der Waals surface area contributed by atoms with Gasteiger partial charge >= 0.3 is 5.97 Å². The summed E-state index contributed by atoms with van der Waals surface area (Å²) in [6.07, 6.45) is 5.88. The highest BCUT2D eigenvalue weighted by Crippen LogP contribution is 2.43. The molecule has 4 heteroatoms. The van der Waals surface area contributed by atoms with E-state index in [1.807, 2.05) is 0 Å². The first-order chi connectivity index (χ1) is 8.12. The molecule has 3 rings (SSSR count). The Kier molecular flexibility index (Phi) is 2.00. The van der Waals surface area contributed by atoms with Crippen LogP contribution in [0.25, 0.3) is 0 Å². The van der Waals surface area contributed by atoms with Crippen LogP contribution in [-0.4, -0.2) is 11.8 Å². The van der Waals surface area contributed by atoms with E-state index in [9.17, 15) is 9.59 Å². The van der Waals surface area contributed by atoms with Crippen LogP contribution in [0.4, 0.5) is 0 Å². The van der Waals surface area contributed by atoms with Crippen molar-refractivity contribution >= 4 is 23.4 Å². The van der Waals surface area contributed by atoms with Gasteiger partial charge in [0.15, 0.2) is 11.4 Å². The topological polar surface area (TPSA) is 43.4 Å². The summed E-state index contributed by atoms with van der Waals surface area (Å²) < 4.78 is 5.34. The van der Waals surface area contributed by atoms with Gasteiger partial charge in [-0.05, 0) is 36.4 Å². The van der Waals surface area contributed by atoms with E-state index in [0.717, 1.165) is 0 Å². The molecule has 1 aliphatic heterocycles. The van der Waals surface area contributed by atoms with Crippen molar-refractivity contribution < 1.29 is 14.3 Å². The highest BCUT2D eigenvalue weighted by atomic mass is 35.5. The molecule has 84 valence electrons. The second-order valence-corrected chi connectivity index (χ2v) is 4.32. The maximum atomic E-state index is 11.7. The van der Waals surface area contributed by atoms with E-state index in [-0.39, 0.29) is 5.78 Å². The third-order valence-electron chi connectivity index (χ3n) is 2.88. The van der Waals surface area contributed by atoms with Crippen LogP contribution in [0.15, 0.2) is 42.5 Å². The lowest BCUT2D eigenvalue weighted by Crippen LogP contribution is -2.23. The summed E-state index contributed by atoms with van der Waals surface area (Å²) in [7, 11) is 0. The Labute approximate surface area is 102 Å². The molecule has 0 fully saturated rings. The van der Waals surface area contributed by atoms with Gasteiger partial charge in [0.1, 0.15) is 0 Å². The van der Waals surface area contributed by atoms with Crippen LogP contribution in [0.3, 0.4) is 0 Å². The fourth-order valence-corrected chi connectivity index (χ4v) is 2.43. The van der Waals surface area contributed by atoms with E-state index in [1.165, 1.54) is 12.2 Å². The lowest BCUT2D eigenvalue weighted by Gasteiger charge is -2.23. The van der Waals surface area contributed by atoms with Crippen LogP contribution < -0.4 is 0 Å². The van der Waals surface area contributed by atoms with Crippen LogP contribution in [0.5, 0.6) is 0 Å². The minimum absolute atomic E-state index is 0.132. The van der Waals surface area contributed by atoms with Gasteiger partial charge in [-0.15, -0.1) is 0 Å². The molecule has 0 saturated carbocycles. The monoisotopic (exact) mass is 246 g/mol. The zero-order valence-electron chi connectivity index (χ0n) is 8.64. The van der Waals surface area contributed by atoms with Crippen molar-refractivity contribution in [2.45, 2.75) is 5.60 Å². The Morgan fingerprint density at radius 2 is 1.82 bits per heavy atom. The number of allylic oxidation sites excluding steroid dienone is 2. The Hall–Kier alpha value is -1.87. The van der Waals surface area contributed by atoms with Crippen LogP contribution >= 0.6 is 11.6 Å². The smallest absolute Gasteiger partial charge is 0.340 e. The molecule has 0 bridgehead atoms. The minimum atomic E-state index is -1.02. The van der Waals surface area contributed by atoms with Gasteiger partial charge in [0.05, 0.1) is 5.56 Å². The summed E-state index contributed by atoms with van der Waals surface area (Å²) in [5.41, 5.74) is 0.0337. The van der Waals surface area contributed by atoms with Gasteiger partial charge in [-0.3, -0.25) is 4.79 Å². The maximum Gasteiger partial charge on any atom is 0.340 e. The number of carbonyl (C=O) groups excluding carboxylic acids is 2. The van der Waals surface area contributed by atoms with Crippen LogP contribution in [-0.2, 0) is 15.1 Å². The fraction of sp³-hybridized carbons (Fsp3) is 0.0769. The minimum Gasteiger partial charge on any atom is -0.442 e. The van der Waals surface area contributed by atoms with Crippen LogP contribution in [0, 0.1) is 0 Å². The molecule has 0 N–H and O–H groups in total. The second kappa shape index (κ2) is 3.31. The number of rotatable bonds is 0. The summed E-state index contributed by atoms with van der Waals surface area (Å²) in [6, 6.07) is 5.06. The van der Waals surface area contributed by atoms with Gasteiger partial charge in [-0.2, -0.15) is 0 Å². The summed E-state index contributed by atoms with van der Waals surface area (Å²) >= 11 is 6.11. The van der Waals surface area contributed by atoms with E-state index in [4.69, 9.17) is 16.3 Å². The van der Waals surface area contributed by atoms with Crippen molar-refractivity contribution in [2.75, 3.05) is 0 Å². The molecule has 1 spiro atoms. The summed E-state index contributed by atoms with van der Waals surface area (Å²) in [5, 5.41) is 0.456. The number of carbonyl (C=O) groups is 2. The fourth-order valence-electron chi connectivity index (χ4n) is 2.11. The number of benzene rings is 1. The molecule has 3 nitrogen and oxygen atoms in total. The van der Waals surface area contributed by atoms with E-state index in [0.29, 0.717) is 16.1 Å². The largest absolute Gasteiger partial charge is 0.442 e. The number of ether oxygens (including phenoxy) is 1. The Balaban J connectivity index is 2.26. The molecule has 0 aromatic heterocycles. The molecule has 1 heterocycles. The van der Waals surface area contributed by atoms with Crippen molar-refractivity contribution in [1.82, 2.24) is 0 Å². The first kappa shape index (κ1) is 10.3. The van der Waals surface area contributed by atoms with Gasteiger partial charge < -0.3 is 4.74 Å². The summed E-state index contributed by atoms with van der Waals surface area (Å²) in [6.45, 7) is 0. The number of hydrogen-bond donors (Lipinski definition) is 0. The van der Waals surface area contributed by atoms with E-state index < -0.39 is 11.6 Å². The predicted molar refractivity (Wildman–Crippen MR) is 61.8 cm³/mol. The van der Waals surface area contributed by atoms with Gasteiger partial charge in [-0.25, -0.2) is 4.79 Å². The highest BCUT2D eigenvalue weighted by Gasteiger charge is 2.44. The molecule has 0 atom stereocenters. The van der Waals surface area contributed by atoms with Crippen molar-refractivity contribution in [3.8, 4) is 0 Å². The quantitative estimate of drug-likeness (QED) is 0.660. The Morgan fingerprint density at radius 1 is 1.12 bits per heavy atom. The van der Waals surface area contributed by atoms with Gasteiger partial charge in [-0.1, -0.05) is 17.7 Å². The molecular weight excluding hydrogens is 240 g/mol. The molecule has 1 aromatic rings. The maximum absolute atomic E-state index is 11.7. The normalized spacial score (nSPS) is 19.6. The predicted octanol–water partition coefficient (Wildman–Crippen LogP) is 2.40. The van der Waals surface area contributed by atoms with Crippen molar-refractivity contribution in [3.05, 3.63) is 58.7 Å². The van der Waals surface area contributed by atoms with Crippen molar-refractivity contribution in [2.24, 2.45) is 0 Å². The Morgan fingerprint density at radius 3 is 2.53 bits per heavy atom. The lowest BCUT2D eigenvalue weighted by atomic mass is 9.88. The van der Waals surface area contributed by atoms with Gasteiger partial charge in [0.25, 0.3) is 0 Å². The number of fused-ring (bicyclic) bond motifs is 2. The highest BCUT2D eigenvalue weighted by molar-refractivity contribution is 6.32. The van der Waals surface area contributed by atoms with Gasteiger partial charge in [0, 0.05) is 10.6 Å². The summed E-state index contributed by atoms with van der Waals surface area (Å²) in [5.74, 6) is -0.557. The molecule has 1 aromatic carbocycles. The van der Waals surface area contributed by atoms with E-state index in [2.05, 4.69) is 0 Å². The van der Waals surface area contributed by atoms with Gasteiger partial charge in [0.2, 0.25) is 0 Å². The molecule has 0 amide bonds. The summed E-state index contributed by atoms with van der Waals surface area (Å²) in [4.78, 5) is 22.9. The van der Waals surface area contributed by atoms with E-state index >= 15 is 0 Å². The third kappa shape index (κ3) is 1.36. The molecular formula is C13H7ClO3. The van der Waals surface area contributed by atoms with Crippen LogP contribution in [0.2, 0.25) is 5.02 Å². The zero-order chi connectivity index (χ0) is 12.0. The molecule has 2 aliphatic rings. The van der Waals surface area contributed by atoms with Crippen LogP contribution in [0.1, 0.15) is 15.9 Å². The number of hydrogen-bond acceptors (Lipinski definition) is 3. The van der Waals surface area contributed by atoms with E-state index in [1.54, 1.807) is 30.4 Å². The van der Waals surface area contributed by atoms with Crippen molar-refractivity contribution in [3.63, 3.8) is 0 Å². The average molecular weight is 247 g/mol.